The number of ether oxygens (including phenoxy) is 2. The molecule has 0 atom stereocenters. The molecule has 0 aromatic heterocycles. The van der Waals surface area contributed by atoms with E-state index in [1.165, 1.54) is 49.6 Å². The van der Waals surface area contributed by atoms with Crippen LogP contribution < -0.4 is 10.1 Å². The molecule has 1 heterocycles. The highest BCUT2D eigenvalue weighted by Gasteiger charge is 2.36. The number of imide groups is 1. The zero-order valence-corrected chi connectivity index (χ0v) is 21.4. The van der Waals surface area contributed by atoms with Gasteiger partial charge in [0.05, 0.1) is 34.1 Å². The molecule has 2 aromatic carbocycles. The maximum atomic E-state index is 12.8. The first-order valence-electron chi connectivity index (χ1n) is 11.0. The average Bonchev–Trinajstić information content (AvgIpc) is 3.12. The van der Waals surface area contributed by atoms with E-state index < -0.39 is 34.5 Å². The van der Waals surface area contributed by atoms with Gasteiger partial charge in [0.25, 0.3) is 16.8 Å². The number of unbranched alkanes of at least 4 members (excludes halogenated alkanes) is 1. The summed E-state index contributed by atoms with van der Waals surface area (Å²) in [6, 6.07) is 8.07. The lowest BCUT2D eigenvalue weighted by Crippen LogP contribution is -2.36. The van der Waals surface area contributed by atoms with E-state index in [2.05, 4.69) is 5.32 Å². The van der Waals surface area contributed by atoms with Gasteiger partial charge in [-0.3, -0.25) is 29.4 Å². The molecular formula is C24H22ClN3O8S. The minimum Gasteiger partial charge on any atom is -0.496 e. The Morgan fingerprint density at radius 2 is 1.97 bits per heavy atom. The highest BCUT2D eigenvalue weighted by Crippen LogP contribution is 2.35. The Morgan fingerprint density at radius 3 is 2.65 bits per heavy atom. The summed E-state index contributed by atoms with van der Waals surface area (Å²) in [5, 5.41) is 13.1. The molecule has 0 saturated carbocycles. The van der Waals surface area contributed by atoms with Crippen molar-refractivity contribution in [1.29, 1.82) is 0 Å². The fraction of sp³-hybridized carbons (Fsp3) is 0.250. The molecule has 0 bridgehead atoms. The molecule has 0 aliphatic carbocycles. The smallest absolute Gasteiger partial charge is 0.339 e. The predicted molar refractivity (Wildman–Crippen MR) is 138 cm³/mol. The normalized spacial score (nSPS) is 14.1. The highest BCUT2D eigenvalue weighted by atomic mass is 35.5. The van der Waals surface area contributed by atoms with Crippen molar-refractivity contribution in [3.63, 3.8) is 0 Å². The predicted octanol–water partition coefficient (Wildman–Crippen LogP) is 4.89. The minimum atomic E-state index is -0.741. The van der Waals surface area contributed by atoms with Gasteiger partial charge in [-0.15, -0.1) is 0 Å². The van der Waals surface area contributed by atoms with Crippen LogP contribution in [-0.2, 0) is 14.3 Å². The van der Waals surface area contributed by atoms with Crippen LogP contribution in [0.1, 0.15) is 35.7 Å². The Kier molecular flexibility index (Phi) is 9.25. The van der Waals surface area contributed by atoms with E-state index in [0.717, 1.165) is 11.3 Å². The van der Waals surface area contributed by atoms with Crippen LogP contribution in [0, 0.1) is 10.1 Å². The molecule has 11 nitrogen and oxygen atoms in total. The molecule has 0 unspecified atom stereocenters. The van der Waals surface area contributed by atoms with Crippen molar-refractivity contribution in [2.24, 2.45) is 0 Å². The van der Waals surface area contributed by atoms with Crippen LogP contribution in [0.3, 0.4) is 0 Å². The highest BCUT2D eigenvalue weighted by molar-refractivity contribution is 8.18. The van der Waals surface area contributed by atoms with E-state index >= 15 is 0 Å². The number of hydrogen-bond acceptors (Lipinski definition) is 9. The van der Waals surface area contributed by atoms with Gasteiger partial charge in [-0.25, -0.2) is 4.79 Å². The van der Waals surface area contributed by atoms with Crippen molar-refractivity contribution in [2.75, 3.05) is 25.6 Å². The lowest BCUT2D eigenvalue weighted by atomic mass is 10.1. The minimum absolute atomic E-state index is 0.0276. The van der Waals surface area contributed by atoms with Crippen molar-refractivity contribution in [1.82, 2.24) is 4.90 Å². The zero-order chi connectivity index (χ0) is 27.1. The molecule has 1 aliphatic rings. The molecule has 1 N–H and O–H groups in total. The standard InChI is InChI=1S/C24H22ClN3O8S/c1-3-4-9-36-23(31)17-12-15(5-7-18(17)25)26-21(29)13-27-22(30)20(37-24(27)32)11-14-10-16(28(33)34)6-8-19(14)35-2/h5-8,10-12H,3-4,9,13H2,1-2H3,(H,26,29)/b20-11+. The Balaban J connectivity index is 1.72. The Hall–Kier alpha value is -3.90. The SMILES string of the molecule is CCCCOC(=O)c1cc(NC(=O)CN2C(=O)S/C(=C/c3cc([N+](=O)[O-])ccc3OC)C2=O)ccc1Cl. The third kappa shape index (κ3) is 6.86. The summed E-state index contributed by atoms with van der Waals surface area (Å²) < 4.78 is 10.3. The molecule has 13 heteroatoms. The van der Waals surface area contributed by atoms with Crippen LogP contribution >= 0.6 is 23.4 Å². The van der Waals surface area contributed by atoms with Crippen LogP contribution in [0.15, 0.2) is 41.3 Å². The third-order valence-electron chi connectivity index (χ3n) is 5.09. The van der Waals surface area contributed by atoms with E-state index in [9.17, 15) is 29.3 Å². The Morgan fingerprint density at radius 1 is 1.22 bits per heavy atom. The number of methoxy groups -OCH3 is 1. The van der Waals surface area contributed by atoms with Gasteiger partial charge in [0, 0.05) is 23.4 Å². The lowest BCUT2D eigenvalue weighted by Gasteiger charge is -2.13. The maximum Gasteiger partial charge on any atom is 0.339 e. The molecular weight excluding hydrogens is 526 g/mol. The first-order valence-corrected chi connectivity index (χ1v) is 12.2. The van der Waals surface area contributed by atoms with Gasteiger partial charge >= 0.3 is 5.97 Å². The molecule has 1 aliphatic heterocycles. The van der Waals surface area contributed by atoms with E-state index in [1.54, 1.807) is 0 Å². The molecule has 1 fully saturated rings. The number of carbonyl (C=O) groups excluding carboxylic acids is 4. The molecule has 2 aromatic rings. The number of nitrogens with zero attached hydrogens (tertiary/aromatic N) is 2. The topological polar surface area (TPSA) is 145 Å². The first kappa shape index (κ1) is 27.7. The van der Waals surface area contributed by atoms with Crippen molar-refractivity contribution < 1.29 is 33.6 Å². The average molecular weight is 548 g/mol. The van der Waals surface area contributed by atoms with Gasteiger partial charge in [-0.2, -0.15) is 0 Å². The monoisotopic (exact) mass is 547 g/mol. The number of nitro groups is 1. The number of rotatable bonds is 10. The van der Waals surface area contributed by atoms with Crippen molar-refractivity contribution in [3.8, 4) is 5.75 Å². The number of anilines is 1. The largest absolute Gasteiger partial charge is 0.496 e. The number of carbonyl (C=O) groups is 4. The van der Waals surface area contributed by atoms with Gasteiger partial charge in [0.15, 0.2) is 0 Å². The van der Waals surface area contributed by atoms with E-state index in [-0.39, 0.29) is 44.8 Å². The van der Waals surface area contributed by atoms with Gasteiger partial charge in [-0.05, 0) is 48.5 Å². The summed E-state index contributed by atoms with van der Waals surface area (Å²) in [7, 11) is 1.36. The second kappa shape index (κ2) is 12.4. The number of thioether (sulfide) groups is 1. The zero-order valence-electron chi connectivity index (χ0n) is 19.8. The molecule has 1 saturated heterocycles. The molecule has 37 heavy (non-hydrogen) atoms. The molecule has 3 amide bonds. The van der Waals surface area contributed by atoms with Crippen LogP contribution in [0.5, 0.6) is 5.75 Å². The number of non-ortho nitro benzene ring substituents is 1. The fourth-order valence-corrected chi connectivity index (χ4v) is 4.24. The van der Waals surface area contributed by atoms with Crippen molar-refractivity contribution in [3.05, 3.63) is 67.6 Å². The number of nitrogens with one attached hydrogen (secondary N) is 1. The summed E-state index contributed by atoms with van der Waals surface area (Å²) in [4.78, 5) is 61.3. The maximum absolute atomic E-state index is 12.8. The number of esters is 1. The van der Waals surface area contributed by atoms with Crippen LogP contribution in [0.25, 0.3) is 6.08 Å². The van der Waals surface area contributed by atoms with Gasteiger partial charge in [0.1, 0.15) is 12.3 Å². The number of amides is 3. The van der Waals surface area contributed by atoms with Gasteiger partial charge in [0.2, 0.25) is 5.91 Å². The first-order chi connectivity index (χ1) is 17.6. The molecule has 0 radical (unpaired) electrons. The molecule has 194 valence electrons. The Labute approximate surface area is 220 Å². The second-order valence-electron chi connectivity index (χ2n) is 7.68. The summed E-state index contributed by atoms with van der Waals surface area (Å²) >= 11 is 6.67. The molecule has 0 spiro atoms. The summed E-state index contributed by atoms with van der Waals surface area (Å²) in [6.45, 7) is 1.60. The second-order valence-corrected chi connectivity index (χ2v) is 9.08. The summed E-state index contributed by atoms with van der Waals surface area (Å²) in [6.07, 6.45) is 2.84. The fourth-order valence-electron chi connectivity index (χ4n) is 3.22. The third-order valence-corrected chi connectivity index (χ3v) is 6.32. The van der Waals surface area contributed by atoms with E-state index in [0.29, 0.717) is 18.2 Å². The number of nitro benzene ring substituents is 1. The van der Waals surface area contributed by atoms with Crippen LogP contribution in [0.2, 0.25) is 5.02 Å². The lowest BCUT2D eigenvalue weighted by molar-refractivity contribution is -0.384. The summed E-state index contributed by atoms with van der Waals surface area (Å²) in [5.41, 5.74) is 0.296. The van der Waals surface area contributed by atoms with E-state index in [1.807, 2.05) is 6.92 Å². The summed E-state index contributed by atoms with van der Waals surface area (Å²) in [5.74, 6) is -1.80. The molecule has 3 rings (SSSR count). The number of benzene rings is 2. The van der Waals surface area contributed by atoms with E-state index in [4.69, 9.17) is 21.1 Å². The number of hydrogen-bond donors (Lipinski definition) is 1. The number of halogens is 1. The van der Waals surface area contributed by atoms with Crippen LogP contribution in [-0.4, -0.2) is 53.1 Å². The van der Waals surface area contributed by atoms with Crippen molar-refractivity contribution in [2.45, 2.75) is 19.8 Å². The Bertz CT molecular complexity index is 1300. The van der Waals surface area contributed by atoms with Gasteiger partial charge in [-0.1, -0.05) is 24.9 Å². The van der Waals surface area contributed by atoms with Gasteiger partial charge < -0.3 is 14.8 Å². The van der Waals surface area contributed by atoms with Crippen LogP contribution in [0.4, 0.5) is 16.2 Å². The van der Waals surface area contributed by atoms with Crippen molar-refractivity contribution >= 4 is 63.8 Å². The quantitative estimate of drug-likeness (QED) is 0.144.